The Morgan fingerprint density at radius 2 is 2.18 bits per heavy atom. The van der Waals surface area contributed by atoms with Crippen LogP contribution in [0.15, 0.2) is 18.2 Å². The number of benzene rings is 1. The molecule has 1 aromatic rings. The minimum Gasteiger partial charge on any atom is -0.466 e. The number of rotatable bonds is 5. The second-order valence-corrected chi connectivity index (χ2v) is 3.53. The number of halogens is 3. The van der Waals surface area contributed by atoms with E-state index in [1.165, 1.54) is 12.1 Å². The van der Waals surface area contributed by atoms with Crippen LogP contribution < -0.4 is 4.74 Å². The fourth-order valence-electron chi connectivity index (χ4n) is 1.22. The molecular weight excluding hydrogens is 254 g/mol. The number of ether oxygens (including phenoxy) is 2. The van der Waals surface area contributed by atoms with Crippen LogP contribution in [0.25, 0.3) is 0 Å². The Bertz CT molecular complexity index is 396. The molecule has 0 aromatic heterocycles. The lowest BCUT2D eigenvalue weighted by Crippen LogP contribution is -2.08. The highest BCUT2D eigenvalue weighted by Gasteiger charge is 2.11. The zero-order chi connectivity index (χ0) is 12.8. The first-order valence-electron chi connectivity index (χ1n) is 4.91. The predicted octanol–water partition coefficient (Wildman–Crippen LogP) is 3.05. The van der Waals surface area contributed by atoms with Gasteiger partial charge in [0.2, 0.25) is 0 Å². The maximum absolute atomic E-state index is 12.0. The van der Waals surface area contributed by atoms with E-state index in [1.807, 2.05) is 0 Å². The molecule has 94 valence electrons. The molecular formula is C11H11ClF2O3. The molecule has 0 saturated heterocycles. The van der Waals surface area contributed by atoms with Crippen LogP contribution in [0.3, 0.4) is 0 Å². The van der Waals surface area contributed by atoms with Crippen molar-refractivity contribution in [3.63, 3.8) is 0 Å². The van der Waals surface area contributed by atoms with Crippen LogP contribution >= 0.6 is 11.6 Å². The second kappa shape index (κ2) is 6.39. The van der Waals surface area contributed by atoms with Gasteiger partial charge in [-0.25, -0.2) is 0 Å². The van der Waals surface area contributed by atoms with Gasteiger partial charge in [-0.1, -0.05) is 17.7 Å². The van der Waals surface area contributed by atoms with Crippen molar-refractivity contribution >= 4 is 17.6 Å². The van der Waals surface area contributed by atoms with Crippen LogP contribution in [-0.4, -0.2) is 19.2 Å². The van der Waals surface area contributed by atoms with Gasteiger partial charge in [0, 0.05) is 0 Å². The molecule has 1 aromatic carbocycles. The van der Waals surface area contributed by atoms with Crippen LogP contribution in [0, 0.1) is 0 Å². The van der Waals surface area contributed by atoms with Crippen LogP contribution in [0.2, 0.25) is 5.02 Å². The van der Waals surface area contributed by atoms with Crippen molar-refractivity contribution < 1.29 is 23.0 Å². The van der Waals surface area contributed by atoms with Gasteiger partial charge in [-0.2, -0.15) is 8.78 Å². The van der Waals surface area contributed by atoms with E-state index in [9.17, 15) is 13.6 Å². The van der Waals surface area contributed by atoms with Gasteiger partial charge in [-0.05, 0) is 24.6 Å². The average molecular weight is 265 g/mol. The summed E-state index contributed by atoms with van der Waals surface area (Å²) in [5.41, 5.74) is 0.503. The normalized spacial score (nSPS) is 10.4. The maximum Gasteiger partial charge on any atom is 0.387 e. The third kappa shape index (κ3) is 4.56. The van der Waals surface area contributed by atoms with E-state index >= 15 is 0 Å². The Labute approximate surface area is 102 Å². The minimum absolute atomic E-state index is 0.00932. The summed E-state index contributed by atoms with van der Waals surface area (Å²) in [5.74, 6) is -0.582. The van der Waals surface area contributed by atoms with Crippen LogP contribution in [0.4, 0.5) is 8.78 Å². The van der Waals surface area contributed by atoms with E-state index in [1.54, 1.807) is 13.0 Å². The standard InChI is InChI=1S/C11H11ClF2O3/c1-2-16-10(15)6-7-3-4-8(12)9(5-7)17-11(13)14/h3-5,11H,2,6H2,1H3. The van der Waals surface area contributed by atoms with Crippen molar-refractivity contribution in [2.75, 3.05) is 6.61 Å². The lowest BCUT2D eigenvalue weighted by atomic mass is 10.1. The molecule has 0 saturated carbocycles. The number of hydrogen-bond donors (Lipinski definition) is 0. The monoisotopic (exact) mass is 264 g/mol. The highest BCUT2D eigenvalue weighted by molar-refractivity contribution is 6.32. The molecule has 1 rings (SSSR count). The zero-order valence-corrected chi connectivity index (χ0v) is 9.84. The fourth-order valence-corrected chi connectivity index (χ4v) is 1.38. The third-order valence-electron chi connectivity index (χ3n) is 1.87. The topological polar surface area (TPSA) is 35.5 Å². The van der Waals surface area contributed by atoms with Crippen LogP contribution in [-0.2, 0) is 16.0 Å². The summed E-state index contributed by atoms with van der Waals surface area (Å²) in [4.78, 5) is 11.2. The zero-order valence-electron chi connectivity index (χ0n) is 9.08. The van der Waals surface area contributed by atoms with E-state index in [0.717, 1.165) is 0 Å². The van der Waals surface area contributed by atoms with E-state index in [4.69, 9.17) is 16.3 Å². The molecule has 0 spiro atoms. The highest BCUT2D eigenvalue weighted by Crippen LogP contribution is 2.27. The summed E-state index contributed by atoms with van der Waals surface area (Å²) in [5, 5.41) is 0.0675. The van der Waals surface area contributed by atoms with Crippen molar-refractivity contribution in [2.45, 2.75) is 20.0 Å². The molecule has 0 N–H and O–H groups in total. The quantitative estimate of drug-likeness (QED) is 0.767. The van der Waals surface area contributed by atoms with E-state index in [0.29, 0.717) is 5.56 Å². The van der Waals surface area contributed by atoms with Crippen LogP contribution in [0.5, 0.6) is 5.75 Å². The third-order valence-corrected chi connectivity index (χ3v) is 2.18. The van der Waals surface area contributed by atoms with E-state index in [2.05, 4.69) is 4.74 Å². The summed E-state index contributed by atoms with van der Waals surface area (Å²) >= 11 is 5.66. The molecule has 0 fully saturated rings. The summed E-state index contributed by atoms with van der Waals surface area (Å²) in [7, 11) is 0. The van der Waals surface area contributed by atoms with Gasteiger partial charge < -0.3 is 9.47 Å². The van der Waals surface area contributed by atoms with Gasteiger partial charge in [0.05, 0.1) is 18.1 Å². The first-order chi connectivity index (χ1) is 8.02. The van der Waals surface area contributed by atoms with Gasteiger partial charge >= 0.3 is 12.6 Å². The van der Waals surface area contributed by atoms with Crippen molar-refractivity contribution in [1.82, 2.24) is 0 Å². The van der Waals surface area contributed by atoms with Gasteiger partial charge in [-0.3, -0.25) is 4.79 Å². The molecule has 0 atom stereocenters. The number of carbonyl (C=O) groups is 1. The highest BCUT2D eigenvalue weighted by atomic mass is 35.5. The van der Waals surface area contributed by atoms with Gasteiger partial charge in [-0.15, -0.1) is 0 Å². The summed E-state index contributed by atoms with van der Waals surface area (Å²) in [6.45, 7) is -0.997. The van der Waals surface area contributed by atoms with Crippen LogP contribution in [0.1, 0.15) is 12.5 Å². The molecule has 0 aliphatic rings. The van der Waals surface area contributed by atoms with E-state index in [-0.39, 0.29) is 23.8 Å². The van der Waals surface area contributed by atoms with Crippen molar-refractivity contribution in [3.8, 4) is 5.75 Å². The average Bonchev–Trinajstić information content (AvgIpc) is 2.22. The molecule has 0 amide bonds. The molecule has 0 unspecified atom stereocenters. The first-order valence-corrected chi connectivity index (χ1v) is 5.29. The largest absolute Gasteiger partial charge is 0.466 e. The Morgan fingerprint density at radius 1 is 1.47 bits per heavy atom. The Hall–Kier alpha value is -1.36. The number of esters is 1. The molecule has 0 bridgehead atoms. The smallest absolute Gasteiger partial charge is 0.387 e. The van der Waals surface area contributed by atoms with Gasteiger partial charge in [0.15, 0.2) is 0 Å². The van der Waals surface area contributed by atoms with Crippen molar-refractivity contribution in [2.24, 2.45) is 0 Å². The predicted molar refractivity (Wildman–Crippen MR) is 58.4 cm³/mol. The van der Waals surface area contributed by atoms with E-state index < -0.39 is 12.6 Å². The molecule has 0 heterocycles. The van der Waals surface area contributed by atoms with Gasteiger partial charge in [0.1, 0.15) is 5.75 Å². The Kier molecular flexibility index (Phi) is 5.15. The summed E-state index contributed by atoms with van der Waals surface area (Å²) in [6, 6.07) is 4.25. The van der Waals surface area contributed by atoms with Gasteiger partial charge in [0.25, 0.3) is 0 Å². The molecule has 6 heteroatoms. The minimum atomic E-state index is -2.95. The maximum atomic E-state index is 12.0. The molecule has 0 aliphatic heterocycles. The number of hydrogen-bond acceptors (Lipinski definition) is 3. The Morgan fingerprint density at radius 3 is 2.76 bits per heavy atom. The summed E-state index contributed by atoms with van der Waals surface area (Å²) < 4.78 is 33.0. The van der Waals surface area contributed by atoms with Crippen molar-refractivity contribution in [1.29, 1.82) is 0 Å². The summed E-state index contributed by atoms with van der Waals surface area (Å²) in [6.07, 6.45) is -0.00932. The fraction of sp³-hybridized carbons (Fsp3) is 0.364. The second-order valence-electron chi connectivity index (χ2n) is 3.13. The lowest BCUT2D eigenvalue weighted by Gasteiger charge is -2.08. The molecule has 0 aliphatic carbocycles. The molecule has 17 heavy (non-hydrogen) atoms. The SMILES string of the molecule is CCOC(=O)Cc1ccc(Cl)c(OC(F)F)c1. The first kappa shape index (κ1) is 13.7. The number of alkyl halides is 2. The lowest BCUT2D eigenvalue weighted by molar-refractivity contribution is -0.142. The Balaban J connectivity index is 2.77. The molecule has 3 nitrogen and oxygen atoms in total. The number of carbonyl (C=O) groups excluding carboxylic acids is 1. The van der Waals surface area contributed by atoms with Crippen molar-refractivity contribution in [3.05, 3.63) is 28.8 Å². The molecule has 0 radical (unpaired) electrons.